The topological polar surface area (TPSA) is 65.4 Å². The third kappa shape index (κ3) is 3.29. The smallest absolute Gasteiger partial charge is 0.0746 e. The van der Waals surface area contributed by atoms with Gasteiger partial charge in [0.1, 0.15) is 0 Å². The van der Waals surface area contributed by atoms with Crippen LogP contribution >= 0.6 is 0 Å². The van der Waals surface area contributed by atoms with Gasteiger partial charge in [-0.2, -0.15) is 0 Å². The number of aliphatic hydroxyl groups is 2. The Bertz CT molecular complexity index is 533. The average Bonchev–Trinajstić information content (AvgIpc) is 2.47. The summed E-state index contributed by atoms with van der Waals surface area (Å²) >= 11 is 0. The maximum absolute atomic E-state index is 9.24. The molecule has 0 saturated carbocycles. The first-order valence-electron chi connectivity index (χ1n) is 6.43. The van der Waals surface area contributed by atoms with Crippen LogP contribution < -0.4 is 5.32 Å². The second kappa shape index (κ2) is 6.10. The number of para-hydroxylation sites is 1. The molecule has 4 heteroatoms. The van der Waals surface area contributed by atoms with Crippen molar-refractivity contribution in [2.24, 2.45) is 5.41 Å². The van der Waals surface area contributed by atoms with Gasteiger partial charge in [-0.05, 0) is 11.6 Å². The predicted octanol–water partition coefficient (Wildman–Crippen LogP) is 1.32. The van der Waals surface area contributed by atoms with Crippen molar-refractivity contribution in [3.8, 4) is 0 Å². The molecule has 1 aromatic carbocycles. The fraction of sp³-hybridized carbons (Fsp3) is 0.400. The summed E-state index contributed by atoms with van der Waals surface area (Å²) < 4.78 is 0. The number of rotatable bonds is 6. The van der Waals surface area contributed by atoms with Crippen molar-refractivity contribution < 1.29 is 10.2 Å². The van der Waals surface area contributed by atoms with Gasteiger partial charge in [0.2, 0.25) is 0 Å². The lowest BCUT2D eigenvalue weighted by molar-refractivity contribution is 0.0695. The van der Waals surface area contributed by atoms with Gasteiger partial charge in [-0.25, -0.2) is 0 Å². The second-order valence-corrected chi connectivity index (χ2v) is 5.22. The molecule has 0 amide bonds. The van der Waals surface area contributed by atoms with E-state index in [-0.39, 0.29) is 13.2 Å². The standard InChI is InChI=1S/C15H20N2O2/c1-15(10-18,11-19)9-16-8-13-5-2-4-12-6-3-7-17-14(12)13/h2-7,16,18-19H,8-11H2,1H3. The molecule has 0 radical (unpaired) electrons. The Morgan fingerprint density at radius 2 is 1.89 bits per heavy atom. The van der Waals surface area contributed by atoms with E-state index in [2.05, 4.69) is 10.3 Å². The fourth-order valence-electron chi connectivity index (χ4n) is 1.97. The summed E-state index contributed by atoms with van der Waals surface area (Å²) in [6.45, 7) is 3.00. The van der Waals surface area contributed by atoms with Crippen molar-refractivity contribution >= 4 is 10.9 Å². The van der Waals surface area contributed by atoms with Crippen LogP contribution in [0.15, 0.2) is 36.5 Å². The Balaban J connectivity index is 2.06. The van der Waals surface area contributed by atoms with Crippen LogP contribution in [0.5, 0.6) is 0 Å². The first-order chi connectivity index (χ1) is 9.18. The minimum atomic E-state index is -0.488. The molecule has 2 aromatic rings. The summed E-state index contributed by atoms with van der Waals surface area (Å²) in [7, 11) is 0. The van der Waals surface area contributed by atoms with Crippen LogP contribution in [-0.4, -0.2) is 35.0 Å². The zero-order chi connectivity index (χ0) is 13.7. The Hall–Kier alpha value is -1.49. The molecule has 2 rings (SSSR count). The molecule has 0 atom stereocenters. The number of hydrogen-bond donors (Lipinski definition) is 3. The highest BCUT2D eigenvalue weighted by Crippen LogP contribution is 2.17. The molecule has 19 heavy (non-hydrogen) atoms. The molecule has 1 aromatic heterocycles. The molecule has 0 aliphatic heterocycles. The van der Waals surface area contributed by atoms with Gasteiger partial charge in [0, 0.05) is 30.1 Å². The SMILES string of the molecule is CC(CO)(CO)CNCc1cccc2cccnc12. The number of benzene rings is 1. The molecule has 0 fully saturated rings. The Morgan fingerprint density at radius 1 is 1.16 bits per heavy atom. The third-order valence-corrected chi connectivity index (χ3v) is 3.35. The summed E-state index contributed by atoms with van der Waals surface area (Å²) in [6, 6.07) is 10.1. The van der Waals surface area contributed by atoms with Crippen molar-refractivity contribution in [2.75, 3.05) is 19.8 Å². The van der Waals surface area contributed by atoms with Gasteiger partial charge in [0.25, 0.3) is 0 Å². The molecular formula is C15H20N2O2. The summed E-state index contributed by atoms with van der Waals surface area (Å²) in [6.07, 6.45) is 1.79. The average molecular weight is 260 g/mol. The van der Waals surface area contributed by atoms with E-state index in [1.807, 2.05) is 37.3 Å². The molecule has 0 saturated heterocycles. The molecule has 4 nitrogen and oxygen atoms in total. The second-order valence-electron chi connectivity index (χ2n) is 5.22. The lowest BCUT2D eigenvalue weighted by Gasteiger charge is -2.25. The van der Waals surface area contributed by atoms with Crippen LogP contribution in [0.3, 0.4) is 0 Å². The number of nitrogens with zero attached hydrogens (tertiary/aromatic N) is 1. The first-order valence-corrected chi connectivity index (χ1v) is 6.43. The van der Waals surface area contributed by atoms with E-state index in [0.29, 0.717) is 13.1 Å². The molecular weight excluding hydrogens is 240 g/mol. The van der Waals surface area contributed by atoms with Gasteiger partial charge in [-0.1, -0.05) is 31.2 Å². The van der Waals surface area contributed by atoms with Gasteiger partial charge in [0.05, 0.1) is 18.7 Å². The van der Waals surface area contributed by atoms with E-state index in [4.69, 9.17) is 0 Å². The number of pyridine rings is 1. The quantitative estimate of drug-likeness (QED) is 0.733. The molecule has 0 spiro atoms. The van der Waals surface area contributed by atoms with Crippen LogP contribution in [0.25, 0.3) is 10.9 Å². The van der Waals surface area contributed by atoms with Gasteiger partial charge >= 0.3 is 0 Å². The van der Waals surface area contributed by atoms with Crippen LogP contribution in [0.4, 0.5) is 0 Å². The normalized spacial score (nSPS) is 11.9. The predicted molar refractivity (Wildman–Crippen MR) is 75.7 cm³/mol. The van der Waals surface area contributed by atoms with Gasteiger partial charge in [-0.15, -0.1) is 0 Å². The van der Waals surface area contributed by atoms with Gasteiger partial charge in [0.15, 0.2) is 0 Å². The zero-order valence-electron chi connectivity index (χ0n) is 11.1. The Morgan fingerprint density at radius 3 is 2.63 bits per heavy atom. The van der Waals surface area contributed by atoms with Gasteiger partial charge < -0.3 is 15.5 Å². The number of nitrogens with one attached hydrogen (secondary N) is 1. The summed E-state index contributed by atoms with van der Waals surface area (Å²) in [5, 5.41) is 22.9. The van der Waals surface area contributed by atoms with Crippen LogP contribution in [0.2, 0.25) is 0 Å². The largest absolute Gasteiger partial charge is 0.396 e. The number of aromatic nitrogens is 1. The van der Waals surface area contributed by atoms with Crippen molar-refractivity contribution in [3.05, 3.63) is 42.1 Å². The highest BCUT2D eigenvalue weighted by molar-refractivity contribution is 5.81. The van der Waals surface area contributed by atoms with E-state index in [9.17, 15) is 10.2 Å². The lowest BCUT2D eigenvalue weighted by Crippen LogP contribution is -2.37. The zero-order valence-corrected chi connectivity index (χ0v) is 11.1. The van der Waals surface area contributed by atoms with Crippen molar-refractivity contribution in [1.29, 1.82) is 0 Å². The summed E-state index contributed by atoms with van der Waals surface area (Å²) in [5.41, 5.74) is 1.63. The maximum atomic E-state index is 9.24. The van der Waals surface area contributed by atoms with E-state index in [0.717, 1.165) is 16.5 Å². The number of hydrogen-bond acceptors (Lipinski definition) is 4. The van der Waals surface area contributed by atoms with E-state index >= 15 is 0 Å². The lowest BCUT2D eigenvalue weighted by atomic mass is 9.93. The highest BCUT2D eigenvalue weighted by atomic mass is 16.3. The van der Waals surface area contributed by atoms with Crippen LogP contribution in [0, 0.1) is 5.41 Å². The van der Waals surface area contributed by atoms with Crippen molar-refractivity contribution in [3.63, 3.8) is 0 Å². The van der Waals surface area contributed by atoms with Crippen LogP contribution in [0.1, 0.15) is 12.5 Å². The van der Waals surface area contributed by atoms with E-state index in [1.165, 1.54) is 0 Å². The van der Waals surface area contributed by atoms with Crippen LogP contribution in [-0.2, 0) is 6.54 Å². The monoisotopic (exact) mass is 260 g/mol. The molecule has 0 bridgehead atoms. The Labute approximate surface area is 113 Å². The van der Waals surface area contributed by atoms with Crippen molar-refractivity contribution in [1.82, 2.24) is 10.3 Å². The summed E-state index contributed by atoms with van der Waals surface area (Å²) in [5.74, 6) is 0. The molecule has 1 heterocycles. The van der Waals surface area contributed by atoms with Crippen molar-refractivity contribution in [2.45, 2.75) is 13.5 Å². The minimum Gasteiger partial charge on any atom is -0.396 e. The third-order valence-electron chi connectivity index (χ3n) is 3.35. The molecule has 3 N–H and O–H groups in total. The number of fused-ring (bicyclic) bond motifs is 1. The highest BCUT2D eigenvalue weighted by Gasteiger charge is 2.21. The maximum Gasteiger partial charge on any atom is 0.0746 e. The van der Waals surface area contributed by atoms with E-state index < -0.39 is 5.41 Å². The minimum absolute atomic E-state index is 0.0374. The molecule has 0 aliphatic rings. The first kappa shape index (κ1) is 13.9. The fourth-order valence-corrected chi connectivity index (χ4v) is 1.97. The number of aliphatic hydroxyl groups excluding tert-OH is 2. The van der Waals surface area contributed by atoms with Gasteiger partial charge in [-0.3, -0.25) is 4.98 Å². The molecule has 0 aliphatic carbocycles. The Kier molecular flexibility index (Phi) is 4.47. The molecule has 0 unspecified atom stereocenters. The summed E-state index contributed by atoms with van der Waals surface area (Å²) in [4.78, 5) is 4.40. The van der Waals surface area contributed by atoms with E-state index in [1.54, 1.807) is 6.20 Å². The molecule has 102 valence electrons.